The fraction of sp³-hybridized carbons (Fsp3) is 0.909. The lowest BCUT2D eigenvalue weighted by Crippen LogP contribution is -2.59. The lowest BCUT2D eigenvalue weighted by atomic mass is 9.74. The molecule has 1 fully saturated rings. The normalized spacial score (nSPS) is 19.1. The van der Waals surface area contributed by atoms with Crippen LogP contribution < -0.4 is 11.1 Å². The second-order valence-corrected chi connectivity index (χ2v) is 5.39. The van der Waals surface area contributed by atoms with Gasteiger partial charge in [-0.05, 0) is 27.7 Å². The van der Waals surface area contributed by atoms with Crippen LogP contribution in [0.2, 0.25) is 0 Å². The maximum atomic E-state index is 12.3. The number of rotatable bonds is 2. The standard InChI is InChI=1S/C11H23N3O/c1-10(2,11(3,4)12)9(15)14-7-5-13-6-8-14/h13H,5-8,12H2,1-4H3. The molecule has 1 rings (SSSR count). The van der Waals surface area contributed by atoms with Gasteiger partial charge in [-0.3, -0.25) is 4.79 Å². The third kappa shape index (κ3) is 2.49. The third-order valence-electron chi connectivity index (χ3n) is 3.55. The van der Waals surface area contributed by atoms with E-state index in [2.05, 4.69) is 5.32 Å². The first-order valence-corrected chi connectivity index (χ1v) is 5.56. The Kier molecular flexibility index (Phi) is 3.41. The van der Waals surface area contributed by atoms with Crippen molar-refractivity contribution in [2.45, 2.75) is 33.2 Å². The van der Waals surface area contributed by atoms with E-state index in [1.807, 2.05) is 32.6 Å². The number of hydrogen-bond acceptors (Lipinski definition) is 3. The van der Waals surface area contributed by atoms with Gasteiger partial charge in [0.1, 0.15) is 0 Å². The number of amides is 1. The van der Waals surface area contributed by atoms with Crippen molar-refractivity contribution in [3.8, 4) is 0 Å². The summed E-state index contributed by atoms with van der Waals surface area (Å²) in [6.07, 6.45) is 0. The molecule has 0 aromatic rings. The van der Waals surface area contributed by atoms with Crippen molar-refractivity contribution in [1.29, 1.82) is 0 Å². The monoisotopic (exact) mass is 213 g/mol. The predicted molar refractivity (Wildman–Crippen MR) is 61.5 cm³/mol. The number of nitrogens with zero attached hydrogens (tertiary/aromatic N) is 1. The van der Waals surface area contributed by atoms with Gasteiger partial charge in [-0.2, -0.15) is 0 Å². The van der Waals surface area contributed by atoms with Crippen molar-refractivity contribution in [1.82, 2.24) is 10.2 Å². The average molecular weight is 213 g/mol. The van der Waals surface area contributed by atoms with Gasteiger partial charge in [-0.1, -0.05) is 0 Å². The smallest absolute Gasteiger partial charge is 0.230 e. The zero-order valence-corrected chi connectivity index (χ0v) is 10.3. The van der Waals surface area contributed by atoms with Crippen molar-refractivity contribution >= 4 is 5.91 Å². The van der Waals surface area contributed by atoms with E-state index in [1.54, 1.807) is 0 Å². The van der Waals surface area contributed by atoms with E-state index in [0.29, 0.717) is 0 Å². The molecule has 0 spiro atoms. The van der Waals surface area contributed by atoms with Gasteiger partial charge in [0, 0.05) is 31.7 Å². The third-order valence-corrected chi connectivity index (χ3v) is 3.55. The molecule has 1 aliphatic rings. The fourth-order valence-corrected chi connectivity index (χ4v) is 1.54. The highest BCUT2D eigenvalue weighted by Gasteiger charge is 2.42. The molecule has 0 aromatic carbocycles. The lowest BCUT2D eigenvalue weighted by Gasteiger charge is -2.41. The molecule has 1 heterocycles. The first kappa shape index (κ1) is 12.5. The summed E-state index contributed by atoms with van der Waals surface area (Å²) in [6.45, 7) is 11.0. The highest BCUT2D eigenvalue weighted by Crippen LogP contribution is 2.30. The van der Waals surface area contributed by atoms with Crippen LogP contribution in [-0.4, -0.2) is 42.5 Å². The van der Waals surface area contributed by atoms with Crippen LogP contribution in [-0.2, 0) is 4.79 Å². The Morgan fingerprint density at radius 1 is 1.20 bits per heavy atom. The molecule has 15 heavy (non-hydrogen) atoms. The van der Waals surface area contributed by atoms with E-state index in [4.69, 9.17) is 5.73 Å². The zero-order chi connectivity index (χ0) is 11.7. The molecule has 4 heteroatoms. The molecule has 0 aromatic heterocycles. The summed E-state index contributed by atoms with van der Waals surface area (Å²) in [4.78, 5) is 14.2. The summed E-state index contributed by atoms with van der Waals surface area (Å²) in [5, 5.41) is 3.23. The highest BCUT2D eigenvalue weighted by atomic mass is 16.2. The van der Waals surface area contributed by atoms with Crippen LogP contribution in [0.25, 0.3) is 0 Å². The molecule has 0 saturated carbocycles. The first-order valence-electron chi connectivity index (χ1n) is 5.56. The van der Waals surface area contributed by atoms with Gasteiger partial charge in [0.15, 0.2) is 0 Å². The zero-order valence-electron chi connectivity index (χ0n) is 10.3. The Bertz CT molecular complexity index is 237. The van der Waals surface area contributed by atoms with Crippen molar-refractivity contribution < 1.29 is 4.79 Å². The molecule has 1 aliphatic heterocycles. The minimum atomic E-state index is -0.510. The summed E-state index contributed by atoms with van der Waals surface area (Å²) < 4.78 is 0. The molecule has 88 valence electrons. The van der Waals surface area contributed by atoms with Crippen LogP contribution >= 0.6 is 0 Å². The van der Waals surface area contributed by atoms with Gasteiger partial charge in [0.2, 0.25) is 5.91 Å². The number of piperazine rings is 1. The summed E-state index contributed by atoms with van der Waals surface area (Å²) >= 11 is 0. The maximum Gasteiger partial charge on any atom is 0.230 e. The Morgan fingerprint density at radius 3 is 2.07 bits per heavy atom. The molecule has 3 N–H and O–H groups in total. The Labute approximate surface area is 92.2 Å². The Balaban J connectivity index is 2.74. The van der Waals surface area contributed by atoms with Crippen molar-refractivity contribution in [3.63, 3.8) is 0 Å². The van der Waals surface area contributed by atoms with E-state index in [-0.39, 0.29) is 5.91 Å². The molecule has 0 aliphatic carbocycles. The van der Waals surface area contributed by atoms with E-state index < -0.39 is 11.0 Å². The Morgan fingerprint density at radius 2 is 1.67 bits per heavy atom. The van der Waals surface area contributed by atoms with Gasteiger partial charge in [-0.15, -0.1) is 0 Å². The van der Waals surface area contributed by atoms with Gasteiger partial charge in [0.05, 0.1) is 5.41 Å². The van der Waals surface area contributed by atoms with Crippen LogP contribution in [0.3, 0.4) is 0 Å². The van der Waals surface area contributed by atoms with Crippen molar-refractivity contribution in [2.75, 3.05) is 26.2 Å². The second-order valence-electron chi connectivity index (χ2n) is 5.39. The fourth-order valence-electron chi connectivity index (χ4n) is 1.54. The van der Waals surface area contributed by atoms with E-state index in [0.717, 1.165) is 26.2 Å². The Hall–Kier alpha value is -0.610. The van der Waals surface area contributed by atoms with Crippen LogP contribution in [0.15, 0.2) is 0 Å². The summed E-state index contributed by atoms with van der Waals surface area (Å²) in [5.74, 6) is 0.163. The average Bonchev–Trinajstić information content (AvgIpc) is 2.16. The van der Waals surface area contributed by atoms with Crippen LogP contribution in [0.5, 0.6) is 0 Å². The minimum absolute atomic E-state index is 0.163. The lowest BCUT2D eigenvalue weighted by molar-refractivity contribution is -0.144. The number of hydrogen-bond donors (Lipinski definition) is 2. The summed E-state index contributed by atoms with van der Waals surface area (Å²) in [6, 6.07) is 0. The predicted octanol–water partition coefficient (Wildman–Crippen LogP) is 0.182. The highest BCUT2D eigenvalue weighted by molar-refractivity contribution is 5.83. The minimum Gasteiger partial charge on any atom is -0.340 e. The van der Waals surface area contributed by atoms with Crippen LogP contribution in [0, 0.1) is 5.41 Å². The molecule has 1 saturated heterocycles. The molecule has 1 amide bonds. The largest absolute Gasteiger partial charge is 0.340 e. The molecule has 4 nitrogen and oxygen atoms in total. The van der Waals surface area contributed by atoms with Crippen molar-refractivity contribution in [3.05, 3.63) is 0 Å². The topological polar surface area (TPSA) is 58.4 Å². The van der Waals surface area contributed by atoms with Crippen LogP contribution in [0.4, 0.5) is 0 Å². The molecular weight excluding hydrogens is 190 g/mol. The van der Waals surface area contributed by atoms with Gasteiger partial charge >= 0.3 is 0 Å². The van der Waals surface area contributed by atoms with Gasteiger partial charge in [0.25, 0.3) is 0 Å². The van der Waals surface area contributed by atoms with E-state index in [1.165, 1.54) is 0 Å². The summed E-state index contributed by atoms with van der Waals surface area (Å²) in [7, 11) is 0. The van der Waals surface area contributed by atoms with E-state index in [9.17, 15) is 4.79 Å². The van der Waals surface area contributed by atoms with Gasteiger partial charge < -0.3 is 16.0 Å². The molecule has 0 unspecified atom stereocenters. The molecular formula is C11H23N3O. The second kappa shape index (κ2) is 4.10. The molecule has 0 bridgehead atoms. The SMILES string of the molecule is CC(C)(N)C(C)(C)C(=O)N1CCNCC1. The van der Waals surface area contributed by atoms with E-state index >= 15 is 0 Å². The number of carbonyl (C=O) groups is 1. The van der Waals surface area contributed by atoms with Crippen molar-refractivity contribution in [2.24, 2.45) is 11.1 Å². The first-order chi connectivity index (χ1) is 6.77. The maximum absolute atomic E-state index is 12.3. The van der Waals surface area contributed by atoms with Crippen LogP contribution in [0.1, 0.15) is 27.7 Å². The molecule has 0 radical (unpaired) electrons. The number of nitrogens with one attached hydrogen (secondary N) is 1. The number of nitrogens with two attached hydrogens (primary N) is 1. The number of carbonyl (C=O) groups excluding carboxylic acids is 1. The molecule has 0 atom stereocenters. The quantitative estimate of drug-likeness (QED) is 0.688. The van der Waals surface area contributed by atoms with Gasteiger partial charge in [-0.25, -0.2) is 0 Å². The summed E-state index contributed by atoms with van der Waals surface area (Å²) in [5.41, 5.74) is 5.06.